The van der Waals surface area contributed by atoms with Crippen LogP contribution in [0.3, 0.4) is 0 Å². The van der Waals surface area contributed by atoms with E-state index in [-0.39, 0.29) is 5.78 Å². The maximum absolute atomic E-state index is 12.8. The van der Waals surface area contributed by atoms with E-state index >= 15 is 0 Å². The van der Waals surface area contributed by atoms with Crippen LogP contribution in [0.25, 0.3) is 0 Å². The molecule has 0 bridgehead atoms. The van der Waals surface area contributed by atoms with Crippen LogP contribution in [0.2, 0.25) is 5.02 Å². The summed E-state index contributed by atoms with van der Waals surface area (Å²) in [5, 5.41) is 3.22. The number of nitrogens with one attached hydrogen (secondary N) is 1. The first kappa shape index (κ1) is 25.6. The molecule has 3 rings (SSSR count). The average Bonchev–Trinajstić information content (AvgIpc) is 3.44. The summed E-state index contributed by atoms with van der Waals surface area (Å²) in [5.74, 6) is 0.0597. The number of carbonyl (C=O) groups excluding carboxylic acids is 3. The van der Waals surface area contributed by atoms with E-state index in [0.717, 1.165) is 17.1 Å². The summed E-state index contributed by atoms with van der Waals surface area (Å²) < 4.78 is 12.7. The molecule has 7 nitrogen and oxygen atoms in total. The van der Waals surface area contributed by atoms with Crippen molar-refractivity contribution in [2.24, 2.45) is 0 Å². The molecular formula is C25H27ClN2O5S. The van der Waals surface area contributed by atoms with Crippen molar-refractivity contribution in [2.45, 2.75) is 32.9 Å². The van der Waals surface area contributed by atoms with Gasteiger partial charge in [0.15, 0.2) is 6.61 Å². The zero-order chi connectivity index (χ0) is 24.7. The highest BCUT2D eigenvalue weighted by Gasteiger charge is 2.25. The maximum atomic E-state index is 12.8. The molecule has 0 spiro atoms. The molecule has 1 atom stereocenters. The number of hydrogen-bond donors (Lipinski definition) is 1. The van der Waals surface area contributed by atoms with Crippen molar-refractivity contribution < 1.29 is 23.5 Å². The summed E-state index contributed by atoms with van der Waals surface area (Å²) in [6.45, 7) is 3.85. The zero-order valence-electron chi connectivity index (χ0n) is 19.3. The number of Topliss-reactive ketones (excluding diaryl/α,β-unsaturated/α-hetero) is 1. The highest BCUT2D eigenvalue weighted by molar-refractivity contribution is 7.98. The standard InChI is InChI=1S/C25H27ClN2O5S/c1-16-13-21(17(2)28(16)14-20-5-4-11-32-20)23(29)15-33-25(31)22(10-12-34-3)27-24(30)18-6-8-19(26)9-7-18/h4-9,11,13,22H,10,12,14-15H2,1-3H3,(H,27,30)/t22-/m1/s1. The highest BCUT2D eigenvalue weighted by Crippen LogP contribution is 2.18. The second-order valence-corrected chi connectivity index (χ2v) is 9.22. The molecule has 180 valence electrons. The van der Waals surface area contributed by atoms with Gasteiger partial charge in [0.05, 0.1) is 12.8 Å². The first-order chi connectivity index (χ1) is 16.3. The van der Waals surface area contributed by atoms with Gasteiger partial charge in [0.1, 0.15) is 11.8 Å². The number of halogens is 1. The number of thioether (sulfide) groups is 1. The molecule has 0 saturated carbocycles. The number of hydrogen-bond acceptors (Lipinski definition) is 6. The predicted octanol–water partition coefficient (Wildman–Crippen LogP) is 4.68. The van der Waals surface area contributed by atoms with Gasteiger partial charge in [0.25, 0.3) is 5.91 Å². The Labute approximate surface area is 207 Å². The molecule has 2 aromatic heterocycles. The van der Waals surface area contributed by atoms with Gasteiger partial charge >= 0.3 is 5.97 Å². The second kappa shape index (κ2) is 11.9. The van der Waals surface area contributed by atoms with E-state index in [2.05, 4.69) is 5.32 Å². The summed E-state index contributed by atoms with van der Waals surface area (Å²) in [6, 6.07) is 11.0. The number of aromatic nitrogens is 1. The maximum Gasteiger partial charge on any atom is 0.329 e. The lowest BCUT2D eigenvalue weighted by atomic mass is 10.1. The van der Waals surface area contributed by atoms with Crippen molar-refractivity contribution in [1.82, 2.24) is 9.88 Å². The summed E-state index contributed by atoms with van der Waals surface area (Å²) >= 11 is 7.42. The van der Waals surface area contributed by atoms with Crippen LogP contribution in [0.1, 0.15) is 44.3 Å². The Balaban J connectivity index is 1.63. The summed E-state index contributed by atoms with van der Waals surface area (Å²) in [7, 11) is 0. The molecule has 9 heteroatoms. The van der Waals surface area contributed by atoms with Gasteiger partial charge in [0.2, 0.25) is 5.78 Å². The van der Waals surface area contributed by atoms with E-state index < -0.39 is 24.5 Å². The summed E-state index contributed by atoms with van der Waals surface area (Å²) in [6.07, 6.45) is 3.89. The summed E-state index contributed by atoms with van der Waals surface area (Å²) in [5.41, 5.74) is 2.54. The normalized spacial score (nSPS) is 11.8. The van der Waals surface area contributed by atoms with Gasteiger partial charge in [-0.3, -0.25) is 9.59 Å². The number of amides is 1. The third-order valence-electron chi connectivity index (χ3n) is 5.42. The SMILES string of the molecule is CSCC[C@@H](NC(=O)c1ccc(Cl)cc1)C(=O)OCC(=O)c1cc(C)n(Cc2ccco2)c1C. The van der Waals surface area contributed by atoms with Crippen molar-refractivity contribution in [3.05, 3.63) is 82.0 Å². The van der Waals surface area contributed by atoms with Crippen molar-refractivity contribution in [3.8, 4) is 0 Å². The number of nitrogens with zero attached hydrogens (tertiary/aromatic N) is 1. The number of benzene rings is 1. The number of rotatable bonds is 11. The van der Waals surface area contributed by atoms with Gasteiger partial charge < -0.3 is 19.0 Å². The highest BCUT2D eigenvalue weighted by atomic mass is 35.5. The molecule has 0 unspecified atom stereocenters. The monoisotopic (exact) mass is 502 g/mol. The largest absolute Gasteiger partial charge is 0.467 e. The third kappa shape index (κ3) is 6.55. The molecule has 0 aliphatic rings. The van der Waals surface area contributed by atoms with Crippen LogP contribution in [0.15, 0.2) is 53.1 Å². The molecule has 1 N–H and O–H groups in total. The molecule has 2 heterocycles. The smallest absolute Gasteiger partial charge is 0.329 e. The Bertz CT molecular complexity index is 1140. The van der Waals surface area contributed by atoms with Gasteiger partial charge in [-0.25, -0.2) is 4.79 Å². The van der Waals surface area contributed by atoms with Crippen LogP contribution < -0.4 is 5.32 Å². The lowest BCUT2D eigenvalue weighted by molar-refractivity contribution is -0.144. The van der Waals surface area contributed by atoms with Crippen molar-refractivity contribution >= 4 is 41.0 Å². The molecule has 0 saturated heterocycles. The predicted molar refractivity (Wildman–Crippen MR) is 133 cm³/mol. The Morgan fingerprint density at radius 3 is 2.56 bits per heavy atom. The molecular weight excluding hydrogens is 476 g/mol. The molecule has 0 fully saturated rings. The molecule has 0 aliphatic carbocycles. The van der Waals surface area contributed by atoms with Crippen molar-refractivity contribution in [1.29, 1.82) is 0 Å². The lowest BCUT2D eigenvalue weighted by Gasteiger charge is -2.17. The van der Waals surface area contributed by atoms with Crippen molar-refractivity contribution in [2.75, 3.05) is 18.6 Å². The molecule has 1 aromatic carbocycles. The van der Waals surface area contributed by atoms with Gasteiger partial charge in [-0.05, 0) is 74.7 Å². The summed E-state index contributed by atoms with van der Waals surface area (Å²) in [4.78, 5) is 38.1. The van der Waals surface area contributed by atoms with E-state index in [4.69, 9.17) is 20.8 Å². The fourth-order valence-electron chi connectivity index (χ4n) is 3.53. The Kier molecular flexibility index (Phi) is 9.01. The molecule has 0 aliphatic heterocycles. The molecule has 1 amide bonds. The van der Waals surface area contributed by atoms with E-state index in [0.29, 0.717) is 34.9 Å². The van der Waals surface area contributed by atoms with E-state index in [1.807, 2.05) is 36.8 Å². The first-order valence-electron chi connectivity index (χ1n) is 10.7. The number of ether oxygens (including phenoxy) is 1. The van der Waals surface area contributed by atoms with Crippen LogP contribution >= 0.6 is 23.4 Å². The Hall–Kier alpha value is -2.97. The van der Waals surface area contributed by atoms with E-state index in [1.165, 1.54) is 0 Å². The van der Waals surface area contributed by atoms with Gasteiger partial charge in [-0.1, -0.05) is 11.6 Å². The van der Waals surface area contributed by atoms with Crippen molar-refractivity contribution in [3.63, 3.8) is 0 Å². The number of furan rings is 1. The van der Waals surface area contributed by atoms with Crippen LogP contribution in [0, 0.1) is 13.8 Å². The van der Waals surface area contributed by atoms with Gasteiger partial charge in [-0.15, -0.1) is 0 Å². The minimum atomic E-state index is -0.866. The molecule has 0 radical (unpaired) electrons. The Morgan fingerprint density at radius 1 is 1.18 bits per heavy atom. The van der Waals surface area contributed by atoms with Gasteiger partial charge in [-0.2, -0.15) is 11.8 Å². The van der Waals surface area contributed by atoms with Crippen LogP contribution in [0.4, 0.5) is 0 Å². The second-order valence-electron chi connectivity index (χ2n) is 7.80. The van der Waals surface area contributed by atoms with Crippen LogP contribution in [-0.4, -0.2) is 46.9 Å². The fourth-order valence-corrected chi connectivity index (χ4v) is 4.13. The average molecular weight is 503 g/mol. The quantitative estimate of drug-likeness (QED) is 0.302. The third-order valence-corrected chi connectivity index (χ3v) is 6.32. The number of carbonyl (C=O) groups is 3. The number of esters is 1. The minimum absolute atomic E-state index is 0.306. The minimum Gasteiger partial charge on any atom is -0.467 e. The molecule has 3 aromatic rings. The lowest BCUT2D eigenvalue weighted by Crippen LogP contribution is -2.42. The molecule has 34 heavy (non-hydrogen) atoms. The fraction of sp³-hybridized carbons (Fsp3) is 0.320. The van der Waals surface area contributed by atoms with Gasteiger partial charge in [0, 0.05) is 27.5 Å². The van der Waals surface area contributed by atoms with Crippen LogP contribution in [0.5, 0.6) is 0 Å². The number of ketones is 1. The Morgan fingerprint density at radius 2 is 1.91 bits per heavy atom. The van der Waals surface area contributed by atoms with E-state index in [9.17, 15) is 14.4 Å². The van der Waals surface area contributed by atoms with Crippen LogP contribution in [-0.2, 0) is 16.1 Å². The zero-order valence-corrected chi connectivity index (χ0v) is 20.9. The van der Waals surface area contributed by atoms with E-state index in [1.54, 1.807) is 48.4 Å². The number of aryl methyl sites for hydroxylation is 1. The first-order valence-corrected chi connectivity index (χ1v) is 12.5. The topological polar surface area (TPSA) is 90.5 Å².